The second-order valence-electron chi connectivity index (χ2n) is 7.26. The van der Waals surface area contributed by atoms with E-state index in [1.807, 2.05) is 48.2 Å². The summed E-state index contributed by atoms with van der Waals surface area (Å²) in [6.07, 6.45) is 0.813. The molecule has 1 atom stereocenters. The van der Waals surface area contributed by atoms with E-state index >= 15 is 0 Å². The molecule has 3 heterocycles. The van der Waals surface area contributed by atoms with Gasteiger partial charge in [0.05, 0.1) is 14.6 Å². The van der Waals surface area contributed by atoms with Crippen LogP contribution >= 0.6 is 22.7 Å². The van der Waals surface area contributed by atoms with Crippen LogP contribution in [0.1, 0.15) is 21.9 Å². The van der Waals surface area contributed by atoms with Crippen LogP contribution in [0.25, 0.3) is 20.7 Å². The number of halogens is 1. The summed E-state index contributed by atoms with van der Waals surface area (Å²) < 4.78 is 14.7. The highest BCUT2D eigenvalue weighted by atomic mass is 32.1. The number of nitrogens with one attached hydrogen (secondary N) is 1. The number of hydrogen-bond acceptors (Lipinski definition) is 6. The summed E-state index contributed by atoms with van der Waals surface area (Å²) >= 11 is 2.97. The first-order valence-corrected chi connectivity index (χ1v) is 11.4. The number of benzene rings is 2. The molecule has 5 nitrogen and oxygen atoms in total. The lowest BCUT2D eigenvalue weighted by Gasteiger charge is -2.16. The molecule has 152 valence electrons. The molecule has 0 aliphatic carbocycles. The van der Waals surface area contributed by atoms with Gasteiger partial charge in [-0.25, -0.2) is 14.4 Å². The highest BCUT2D eigenvalue weighted by molar-refractivity contribution is 7.22. The normalized spacial score (nSPS) is 16.3. The molecule has 1 fully saturated rings. The number of aryl methyl sites for hydroxylation is 1. The van der Waals surface area contributed by atoms with Gasteiger partial charge in [-0.2, -0.15) is 0 Å². The van der Waals surface area contributed by atoms with Gasteiger partial charge in [0, 0.05) is 19.1 Å². The number of amides is 1. The Bertz CT molecular complexity index is 1220. The molecule has 0 spiro atoms. The third kappa shape index (κ3) is 3.57. The van der Waals surface area contributed by atoms with Crippen molar-refractivity contribution in [3.8, 4) is 10.4 Å². The molecule has 1 saturated heterocycles. The molecule has 1 aliphatic rings. The first-order chi connectivity index (χ1) is 14.6. The molecule has 0 unspecified atom stereocenters. The third-order valence-corrected chi connectivity index (χ3v) is 7.12. The fraction of sp³-hybridized carbons (Fsp3) is 0.227. The van der Waals surface area contributed by atoms with Crippen molar-refractivity contribution in [2.45, 2.75) is 19.4 Å². The van der Waals surface area contributed by atoms with Crippen molar-refractivity contribution in [1.82, 2.24) is 14.9 Å². The monoisotopic (exact) mass is 438 g/mol. The van der Waals surface area contributed by atoms with E-state index in [1.54, 1.807) is 17.4 Å². The minimum atomic E-state index is -0.313. The van der Waals surface area contributed by atoms with Crippen molar-refractivity contribution in [3.05, 3.63) is 65.0 Å². The second-order valence-corrected chi connectivity index (χ2v) is 9.50. The maximum absolute atomic E-state index is 13.9. The zero-order chi connectivity index (χ0) is 20.7. The van der Waals surface area contributed by atoms with Crippen molar-refractivity contribution in [2.24, 2.45) is 0 Å². The predicted octanol–water partition coefficient (Wildman–Crippen LogP) is 5.19. The minimum Gasteiger partial charge on any atom is -0.357 e. The van der Waals surface area contributed by atoms with Crippen molar-refractivity contribution < 1.29 is 9.18 Å². The summed E-state index contributed by atoms with van der Waals surface area (Å²) in [6, 6.07) is 15.0. The number of aromatic nitrogens is 2. The lowest BCUT2D eigenvalue weighted by Crippen LogP contribution is -2.32. The van der Waals surface area contributed by atoms with Crippen molar-refractivity contribution in [2.75, 3.05) is 18.4 Å². The summed E-state index contributed by atoms with van der Waals surface area (Å²) in [5.74, 6) is -0.356. The maximum Gasteiger partial charge on any atom is 0.274 e. The van der Waals surface area contributed by atoms with Crippen molar-refractivity contribution in [1.29, 1.82) is 0 Å². The highest BCUT2D eigenvalue weighted by Crippen LogP contribution is 2.32. The van der Waals surface area contributed by atoms with Crippen LogP contribution in [0.2, 0.25) is 0 Å². The van der Waals surface area contributed by atoms with Crippen LogP contribution in [-0.4, -0.2) is 39.9 Å². The minimum absolute atomic E-state index is 0.0437. The van der Waals surface area contributed by atoms with Gasteiger partial charge in [-0.3, -0.25) is 4.79 Å². The van der Waals surface area contributed by atoms with E-state index in [-0.39, 0.29) is 17.8 Å². The average Bonchev–Trinajstić information content (AvgIpc) is 3.47. The Labute approximate surface area is 181 Å². The molecule has 1 amide bonds. The number of carbonyl (C=O) groups is 1. The Morgan fingerprint density at radius 3 is 2.77 bits per heavy atom. The topological polar surface area (TPSA) is 58.1 Å². The van der Waals surface area contributed by atoms with Gasteiger partial charge in [0.2, 0.25) is 0 Å². The molecule has 2 aromatic heterocycles. The molecule has 0 radical (unpaired) electrons. The molecule has 1 aliphatic heterocycles. The van der Waals surface area contributed by atoms with Crippen LogP contribution in [-0.2, 0) is 0 Å². The second kappa shape index (κ2) is 7.77. The molecular formula is C22H19FN4OS2. The van der Waals surface area contributed by atoms with E-state index in [9.17, 15) is 9.18 Å². The number of likely N-dealkylation sites (tertiary alicyclic amines) is 1. The van der Waals surface area contributed by atoms with Crippen LogP contribution < -0.4 is 5.32 Å². The zero-order valence-electron chi connectivity index (χ0n) is 16.3. The summed E-state index contributed by atoms with van der Waals surface area (Å²) in [5, 5.41) is 4.94. The Morgan fingerprint density at radius 2 is 1.97 bits per heavy atom. The van der Waals surface area contributed by atoms with Gasteiger partial charge in [-0.15, -0.1) is 11.3 Å². The number of para-hydroxylation sites is 1. The summed E-state index contributed by atoms with van der Waals surface area (Å²) in [5.41, 5.74) is 1.92. The van der Waals surface area contributed by atoms with E-state index in [2.05, 4.69) is 15.3 Å². The first-order valence-electron chi connectivity index (χ1n) is 9.72. The largest absolute Gasteiger partial charge is 0.357 e. The van der Waals surface area contributed by atoms with E-state index < -0.39 is 0 Å². The van der Waals surface area contributed by atoms with Crippen LogP contribution in [0.4, 0.5) is 9.52 Å². The quantitative estimate of drug-likeness (QED) is 0.476. The number of carbonyl (C=O) groups excluding carboxylic acids is 1. The summed E-state index contributed by atoms with van der Waals surface area (Å²) in [6.45, 7) is 3.15. The molecular weight excluding hydrogens is 419 g/mol. The molecule has 8 heteroatoms. The number of hydrogen-bond donors (Lipinski definition) is 1. The molecule has 5 rings (SSSR count). The first kappa shape index (κ1) is 19.1. The number of anilines is 1. The van der Waals surface area contributed by atoms with Crippen LogP contribution in [0, 0.1) is 12.7 Å². The molecule has 4 aromatic rings. The van der Waals surface area contributed by atoms with Gasteiger partial charge < -0.3 is 10.2 Å². The van der Waals surface area contributed by atoms with E-state index in [0.29, 0.717) is 29.4 Å². The Morgan fingerprint density at radius 1 is 1.13 bits per heavy atom. The molecule has 0 bridgehead atoms. The van der Waals surface area contributed by atoms with Crippen LogP contribution in [0.3, 0.4) is 0 Å². The lowest BCUT2D eigenvalue weighted by atomic mass is 10.1. The van der Waals surface area contributed by atoms with Gasteiger partial charge in [0.25, 0.3) is 5.91 Å². The number of fused-ring (bicyclic) bond motifs is 1. The number of nitrogens with zero attached hydrogens (tertiary/aromatic N) is 3. The van der Waals surface area contributed by atoms with Gasteiger partial charge in [-0.1, -0.05) is 47.7 Å². The Balaban J connectivity index is 1.32. The van der Waals surface area contributed by atoms with E-state index in [1.165, 1.54) is 17.4 Å². The van der Waals surface area contributed by atoms with Gasteiger partial charge >= 0.3 is 0 Å². The average molecular weight is 439 g/mol. The van der Waals surface area contributed by atoms with Gasteiger partial charge in [-0.05, 0) is 31.0 Å². The van der Waals surface area contributed by atoms with E-state index in [0.717, 1.165) is 26.6 Å². The SMILES string of the molecule is Cc1nc(C(=O)N2CC[C@@H](Nc3nc4c(F)cccc4s3)C2)c(-c2ccccc2)s1. The number of thiazole rings is 2. The van der Waals surface area contributed by atoms with Crippen LogP contribution in [0.15, 0.2) is 48.5 Å². The fourth-order valence-electron chi connectivity index (χ4n) is 3.72. The smallest absolute Gasteiger partial charge is 0.274 e. The zero-order valence-corrected chi connectivity index (χ0v) is 17.9. The lowest BCUT2D eigenvalue weighted by molar-refractivity contribution is 0.0787. The molecule has 0 saturated carbocycles. The Hall–Kier alpha value is -2.84. The Kier molecular flexibility index (Phi) is 4.96. The summed E-state index contributed by atoms with van der Waals surface area (Å²) in [4.78, 5) is 24.9. The molecule has 1 N–H and O–H groups in total. The standard InChI is InChI=1S/C22H19FN4OS2/c1-13-24-19(20(29-13)14-6-3-2-4-7-14)21(28)27-11-10-15(12-27)25-22-26-18-16(23)8-5-9-17(18)30-22/h2-9,15H,10-12H2,1H3,(H,25,26)/t15-/m1/s1. The third-order valence-electron chi connectivity index (χ3n) is 5.15. The highest BCUT2D eigenvalue weighted by Gasteiger charge is 2.30. The van der Waals surface area contributed by atoms with Crippen molar-refractivity contribution in [3.63, 3.8) is 0 Å². The van der Waals surface area contributed by atoms with Crippen LogP contribution in [0.5, 0.6) is 0 Å². The van der Waals surface area contributed by atoms with Crippen molar-refractivity contribution >= 4 is 43.9 Å². The van der Waals surface area contributed by atoms with Gasteiger partial charge in [0.1, 0.15) is 17.0 Å². The van der Waals surface area contributed by atoms with E-state index in [4.69, 9.17) is 0 Å². The predicted molar refractivity (Wildman–Crippen MR) is 120 cm³/mol. The summed E-state index contributed by atoms with van der Waals surface area (Å²) in [7, 11) is 0. The maximum atomic E-state index is 13.9. The number of rotatable bonds is 4. The fourth-order valence-corrected chi connectivity index (χ4v) is 5.59. The molecule has 30 heavy (non-hydrogen) atoms. The van der Waals surface area contributed by atoms with Gasteiger partial charge in [0.15, 0.2) is 5.13 Å². The molecule has 2 aromatic carbocycles.